The Labute approximate surface area is 195 Å². The first-order valence-corrected chi connectivity index (χ1v) is 10.9. The normalized spacial score (nSPS) is 14.7. The molecule has 1 fully saturated rings. The van der Waals surface area contributed by atoms with Gasteiger partial charge in [-0.15, -0.1) is 0 Å². The predicted molar refractivity (Wildman–Crippen MR) is 130 cm³/mol. The van der Waals surface area contributed by atoms with Crippen molar-refractivity contribution >= 4 is 46.0 Å². The van der Waals surface area contributed by atoms with E-state index in [2.05, 4.69) is 4.98 Å². The summed E-state index contributed by atoms with van der Waals surface area (Å²) in [6, 6.07) is 16.6. The molecule has 2 aromatic carbocycles. The first-order valence-electron chi connectivity index (χ1n) is 9.71. The van der Waals surface area contributed by atoms with Gasteiger partial charge in [-0.2, -0.15) is 0 Å². The maximum absolute atomic E-state index is 13.1. The minimum atomic E-state index is -0.193. The molecule has 0 unspecified atom stereocenters. The van der Waals surface area contributed by atoms with Crippen LogP contribution in [0.1, 0.15) is 11.1 Å². The maximum atomic E-state index is 13.1. The van der Waals surface area contributed by atoms with E-state index in [4.69, 9.17) is 26.4 Å². The van der Waals surface area contributed by atoms with E-state index in [0.29, 0.717) is 38.8 Å². The van der Waals surface area contributed by atoms with Crippen LogP contribution in [-0.2, 0) is 11.4 Å². The fraction of sp³-hybridized carbons (Fsp3) is 0.125. The number of rotatable bonds is 7. The lowest BCUT2D eigenvalue weighted by Crippen LogP contribution is -2.27. The molecule has 0 aliphatic carbocycles. The Kier molecular flexibility index (Phi) is 6.72. The summed E-state index contributed by atoms with van der Waals surface area (Å²) in [6.45, 7) is 0.399. The summed E-state index contributed by atoms with van der Waals surface area (Å²) in [7, 11) is 3.15. The van der Waals surface area contributed by atoms with E-state index >= 15 is 0 Å². The Morgan fingerprint density at radius 2 is 1.75 bits per heavy atom. The molecule has 162 valence electrons. The lowest BCUT2D eigenvalue weighted by Gasteiger charge is -2.17. The molecule has 0 radical (unpaired) electrons. The van der Waals surface area contributed by atoms with Gasteiger partial charge in [-0.1, -0.05) is 42.2 Å². The van der Waals surface area contributed by atoms with Gasteiger partial charge in [0.15, 0.2) is 15.8 Å². The fourth-order valence-corrected chi connectivity index (χ4v) is 4.46. The van der Waals surface area contributed by atoms with Gasteiger partial charge in [0.25, 0.3) is 5.91 Å². The monoisotopic (exact) mass is 464 g/mol. The zero-order chi connectivity index (χ0) is 22.5. The first-order chi connectivity index (χ1) is 15.6. The van der Waals surface area contributed by atoms with E-state index in [1.165, 1.54) is 16.7 Å². The number of aromatic nitrogens is 1. The summed E-state index contributed by atoms with van der Waals surface area (Å²) in [4.78, 5) is 19.1. The van der Waals surface area contributed by atoms with Crippen LogP contribution >= 0.6 is 24.0 Å². The fourth-order valence-electron chi connectivity index (χ4n) is 3.17. The molecular formula is C24H20N2O4S2. The number of para-hydroxylation sites is 2. The van der Waals surface area contributed by atoms with Crippen molar-refractivity contribution in [3.05, 3.63) is 83.0 Å². The molecule has 6 nitrogen and oxygen atoms in total. The van der Waals surface area contributed by atoms with Crippen LogP contribution in [0, 0.1) is 0 Å². The van der Waals surface area contributed by atoms with Crippen LogP contribution in [0.15, 0.2) is 71.9 Å². The third kappa shape index (κ3) is 4.61. The van der Waals surface area contributed by atoms with Gasteiger partial charge in [0, 0.05) is 12.4 Å². The molecule has 1 aliphatic heterocycles. The second-order valence-electron chi connectivity index (χ2n) is 6.74. The number of benzene rings is 2. The smallest absolute Gasteiger partial charge is 0.270 e. The molecule has 3 aromatic rings. The standard InChI is InChI=1S/C24H20N2O4S2/c1-28-19-6-4-3-5-18(19)26-23(27)22(32-24(26)31)14-17-7-8-20(21(13-17)29-2)30-15-16-9-11-25-12-10-16/h3-14H,15H2,1-2H3/b22-14+. The quantitative estimate of drug-likeness (QED) is 0.357. The third-order valence-corrected chi connectivity index (χ3v) is 6.05. The van der Waals surface area contributed by atoms with Crippen molar-refractivity contribution in [1.29, 1.82) is 0 Å². The van der Waals surface area contributed by atoms with Crippen LogP contribution in [0.3, 0.4) is 0 Å². The van der Waals surface area contributed by atoms with Gasteiger partial charge in [0.1, 0.15) is 12.4 Å². The highest BCUT2D eigenvalue weighted by atomic mass is 32.2. The lowest BCUT2D eigenvalue weighted by atomic mass is 10.1. The second kappa shape index (κ2) is 9.84. The van der Waals surface area contributed by atoms with E-state index in [1.54, 1.807) is 38.8 Å². The van der Waals surface area contributed by atoms with Crippen LogP contribution in [0.25, 0.3) is 6.08 Å². The van der Waals surface area contributed by atoms with Crippen LogP contribution in [-0.4, -0.2) is 29.4 Å². The lowest BCUT2D eigenvalue weighted by molar-refractivity contribution is -0.113. The topological polar surface area (TPSA) is 60.9 Å². The molecule has 32 heavy (non-hydrogen) atoms. The largest absolute Gasteiger partial charge is 0.495 e. The van der Waals surface area contributed by atoms with Gasteiger partial charge in [-0.05, 0) is 53.6 Å². The molecule has 2 heterocycles. The van der Waals surface area contributed by atoms with Crippen molar-refractivity contribution in [2.45, 2.75) is 6.61 Å². The number of nitrogens with zero attached hydrogens (tertiary/aromatic N) is 2. The average Bonchev–Trinajstić information content (AvgIpc) is 3.11. The van der Waals surface area contributed by atoms with Crippen LogP contribution in [0.2, 0.25) is 0 Å². The zero-order valence-corrected chi connectivity index (χ0v) is 19.1. The van der Waals surface area contributed by atoms with E-state index in [0.717, 1.165) is 11.1 Å². The number of carbonyl (C=O) groups excluding carboxylic acids is 1. The molecular weight excluding hydrogens is 444 g/mol. The SMILES string of the molecule is COc1cc(/C=C2/SC(=S)N(c3ccccc3OC)C2=O)ccc1OCc1ccncc1. The summed E-state index contributed by atoms with van der Waals surface area (Å²) in [5.41, 5.74) is 2.43. The van der Waals surface area contributed by atoms with E-state index in [9.17, 15) is 4.79 Å². The van der Waals surface area contributed by atoms with Crippen molar-refractivity contribution in [3.8, 4) is 17.2 Å². The summed E-state index contributed by atoms with van der Waals surface area (Å²) in [6.07, 6.45) is 5.24. The van der Waals surface area contributed by atoms with Crippen molar-refractivity contribution in [2.75, 3.05) is 19.1 Å². The molecule has 1 aliphatic rings. The van der Waals surface area contributed by atoms with Crippen molar-refractivity contribution in [2.24, 2.45) is 0 Å². The Morgan fingerprint density at radius 3 is 2.50 bits per heavy atom. The highest BCUT2D eigenvalue weighted by Crippen LogP contribution is 2.40. The summed E-state index contributed by atoms with van der Waals surface area (Å²) >= 11 is 6.72. The van der Waals surface area contributed by atoms with Gasteiger partial charge in [-0.25, -0.2) is 0 Å². The van der Waals surface area contributed by atoms with Gasteiger partial charge >= 0.3 is 0 Å². The number of pyridine rings is 1. The minimum Gasteiger partial charge on any atom is -0.495 e. The van der Waals surface area contributed by atoms with Crippen molar-refractivity contribution in [3.63, 3.8) is 0 Å². The number of anilines is 1. The number of thioether (sulfide) groups is 1. The number of methoxy groups -OCH3 is 2. The van der Waals surface area contributed by atoms with Crippen LogP contribution < -0.4 is 19.1 Å². The highest BCUT2D eigenvalue weighted by Gasteiger charge is 2.34. The highest BCUT2D eigenvalue weighted by molar-refractivity contribution is 8.27. The molecule has 1 aromatic heterocycles. The molecule has 8 heteroatoms. The van der Waals surface area contributed by atoms with Crippen LogP contribution in [0.5, 0.6) is 17.2 Å². The Morgan fingerprint density at radius 1 is 1.00 bits per heavy atom. The predicted octanol–water partition coefficient (Wildman–Crippen LogP) is 5.08. The number of thiocarbonyl (C=S) groups is 1. The number of hydrogen-bond donors (Lipinski definition) is 0. The van der Waals surface area contributed by atoms with Crippen LogP contribution in [0.4, 0.5) is 5.69 Å². The summed E-state index contributed by atoms with van der Waals surface area (Å²) in [5.74, 6) is 1.58. The minimum absolute atomic E-state index is 0.193. The Bertz CT molecular complexity index is 1180. The van der Waals surface area contributed by atoms with E-state index in [-0.39, 0.29) is 5.91 Å². The van der Waals surface area contributed by atoms with Gasteiger partial charge in [0.2, 0.25) is 0 Å². The van der Waals surface area contributed by atoms with Crippen molar-refractivity contribution < 1.29 is 19.0 Å². The summed E-state index contributed by atoms with van der Waals surface area (Å²) in [5, 5.41) is 0. The molecule has 0 atom stereocenters. The second-order valence-corrected chi connectivity index (χ2v) is 8.42. The number of hydrogen-bond acceptors (Lipinski definition) is 7. The van der Waals surface area contributed by atoms with E-state index < -0.39 is 0 Å². The molecule has 4 rings (SSSR count). The first kappa shape index (κ1) is 21.9. The maximum Gasteiger partial charge on any atom is 0.270 e. The molecule has 1 saturated heterocycles. The number of amides is 1. The molecule has 0 bridgehead atoms. The number of ether oxygens (including phenoxy) is 3. The van der Waals surface area contributed by atoms with E-state index in [1.807, 2.05) is 48.5 Å². The average molecular weight is 465 g/mol. The van der Waals surface area contributed by atoms with Gasteiger partial charge in [-0.3, -0.25) is 14.7 Å². The summed E-state index contributed by atoms with van der Waals surface area (Å²) < 4.78 is 17.2. The third-order valence-electron chi connectivity index (χ3n) is 4.75. The molecule has 1 amide bonds. The Hall–Kier alpha value is -3.36. The molecule has 0 spiro atoms. The van der Waals surface area contributed by atoms with Gasteiger partial charge < -0.3 is 14.2 Å². The van der Waals surface area contributed by atoms with Gasteiger partial charge in [0.05, 0.1) is 24.8 Å². The molecule has 0 saturated carbocycles. The zero-order valence-electron chi connectivity index (χ0n) is 17.5. The Balaban J connectivity index is 1.55. The van der Waals surface area contributed by atoms with Crippen molar-refractivity contribution in [1.82, 2.24) is 4.98 Å². The molecule has 0 N–H and O–H groups in total. The number of carbonyl (C=O) groups is 1.